The van der Waals surface area contributed by atoms with Crippen molar-refractivity contribution in [2.45, 2.75) is 10.6 Å². The fraction of sp³-hybridized carbons (Fsp3) is 0.0952. The molecule has 0 spiro atoms. The molecule has 0 aliphatic rings. The molecule has 1 N–H and O–H groups in total. The van der Waals surface area contributed by atoms with Crippen molar-refractivity contribution in [2.24, 2.45) is 0 Å². The van der Waals surface area contributed by atoms with Gasteiger partial charge in [-0.05, 0) is 35.4 Å². The summed E-state index contributed by atoms with van der Waals surface area (Å²) in [7, 11) is -3.11. The minimum absolute atomic E-state index is 0.0784. The van der Waals surface area contributed by atoms with Crippen LogP contribution in [0.1, 0.15) is 15.9 Å². The van der Waals surface area contributed by atoms with E-state index in [-0.39, 0.29) is 16.1 Å². The topological polar surface area (TPSA) is 80.7 Å². The van der Waals surface area contributed by atoms with E-state index in [4.69, 9.17) is 11.6 Å². The fourth-order valence-corrected chi connectivity index (χ4v) is 4.60. The van der Waals surface area contributed by atoms with E-state index in [9.17, 15) is 22.7 Å². The monoisotopic (exact) mass is 434 g/mol. The molecule has 3 aromatic rings. The van der Waals surface area contributed by atoms with Crippen LogP contribution in [0.25, 0.3) is 11.1 Å². The zero-order valence-electron chi connectivity index (χ0n) is 15.2. The molecule has 0 saturated heterocycles. The lowest BCUT2D eigenvalue weighted by Gasteiger charge is -2.12. The second-order valence-electron chi connectivity index (χ2n) is 6.23. The first-order valence-corrected chi connectivity index (χ1v) is 10.4. The van der Waals surface area contributed by atoms with Gasteiger partial charge < -0.3 is 9.84 Å². The number of sulfone groups is 1. The fourth-order valence-electron chi connectivity index (χ4n) is 2.82. The summed E-state index contributed by atoms with van der Waals surface area (Å²) in [5.74, 6) is -2.96. The Labute approximate surface area is 172 Å². The first-order valence-electron chi connectivity index (χ1n) is 8.40. The van der Waals surface area contributed by atoms with Gasteiger partial charge >= 0.3 is 5.97 Å². The molecule has 0 aliphatic heterocycles. The molecule has 0 aromatic heterocycles. The van der Waals surface area contributed by atoms with E-state index in [1.165, 1.54) is 12.1 Å². The summed E-state index contributed by atoms with van der Waals surface area (Å²) in [6, 6.07) is 15.3. The number of rotatable bonds is 5. The van der Waals surface area contributed by atoms with Gasteiger partial charge in [-0.2, -0.15) is 0 Å². The molecule has 8 heteroatoms. The number of carbonyl (C=O) groups is 1. The Kier molecular flexibility index (Phi) is 5.91. The quantitative estimate of drug-likeness (QED) is 0.593. The van der Waals surface area contributed by atoms with Crippen molar-refractivity contribution in [3.63, 3.8) is 0 Å². The predicted octanol–water partition coefficient (Wildman–Crippen LogP) is 4.61. The molecule has 0 bridgehead atoms. The molecule has 3 rings (SSSR count). The average Bonchev–Trinajstić information content (AvgIpc) is 2.71. The van der Waals surface area contributed by atoms with Crippen molar-refractivity contribution >= 4 is 27.4 Å². The predicted molar refractivity (Wildman–Crippen MR) is 107 cm³/mol. The second-order valence-corrected chi connectivity index (χ2v) is 8.59. The van der Waals surface area contributed by atoms with E-state index in [0.717, 1.165) is 24.8 Å². The lowest BCUT2D eigenvalue weighted by molar-refractivity contribution is 0.0600. The summed E-state index contributed by atoms with van der Waals surface area (Å²) >= 11 is 5.87. The standard InChI is InChI=1S/C21H16ClFO5S/c1-28-21(25)15-10-17(22)20(24)19(11-15)29(26,27)12-16-9-14(7-8-18(16)23)13-5-3-2-4-6-13/h2-11,24H,12H2,1H3. The molecule has 0 radical (unpaired) electrons. The Bertz CT molecular complexity index is 1180. The molecule has 0 aliphatic carbocycles. The number of phenolic OH excluding ortho intramolecular Hbond substituents is 1. The van der Waals surface area contributed by atoms with E-state index in [1.54, 1.807) is 6.07 Å². The van der Waals surface area contributed by atoms with Gasteiger partial charge in [-0.15, -0.1) is 0 Å². The SMILES string of the molecule is COC(=O)c1cc(Cl)c(O)c(S(=O)(=O)Cc2cc(-c3ccccc3)ccc2F)c1. The molecule has 0 atom stereocenters. The Morgan fingerprint density at radius 2 is 1.76 bits per heavy atom. The second kappa shape index (κ2) is 8.23. The molecule has 0 fully saturated rings. The highest BCUT2D eigenvalue weighted by atomic mass is 35.5. The van der Waals surface area contributed by atoms with E-state index >= 15 is 0 Å². The molecule has 5 nitrogen and oxygen atoms in total. The minimum atomic E-state index is -4.23. The van der Waals surface area contributed by atoms with Crippen LogP contribution in [0.3, 0.4) is 0 Å². The zero-order chi connectivity index (χ0) is 21.2. The van der Waals surface area contributed by atoms with Crippen LogP contribution in [-0.4, -0.2) is 26.6 Å². The molecule has 150 valence electrons. The van der Waals surface area contributed by atoms with Gasteiger partial charge in [0.05, 0.1) is 23.4 Å². The summed E-state index contributed by atoms with van der Waals surface area (Å²) in [5.41, 5.74) is 1.21. The number of esters is 1. The van der Waals surface area contributed by atoms with Crippen LogP contribution >= 0.6 is 11.6 Å². The van der Waals surface area contributed by atoms with Gasteiger partial charge in [-0.3, -0.25) is 0 Å². The minimum Gasteiger partial charge on any atom is -0.505 e. The average molecular weight is 435 g/mol. The van der Waals surface area contributed by atoms with Crippen molar-refractivity contribution in [3.8, 4) is 16.9 Å². The molecular weight excluding hydrogens is 419 g/mol. The van der Waals surface area contributed by atoms with Crippen molar-refractivity contribution in [2.75, 3.05) is 7.11 Å². The van der Waals surface area contributed by atoms with Crippen LogP contribution in [0.4, 0.5) is 4.39 Å². The number of methoxy groups -OCH3 is 1. The van der Waals surface area contributed by atoms with Gasteiger partial charge in [0.15, 0.2) is 15.6 Å². The van der Waals surface area contributed by atoms with Gasteiger partial charge in [0, 0.05) is 5.56 Å². The highest BCUT2D eigenvalue weighted by Crippen LogP contribution is 2.35. The van der Waals surface area contributed by atoms with Crippen molar-refractivity contribution in [3.05, 3.63) is 82.6 Å². The highest BCUT2D eigenvalue weighted by molar-refractivity contribution is 7.90. The molecule has 0 unspecified atom stereocenters. The Hall–Kier alpha value is -2.90. The van der Waals surface area contributed by atoms with Crippen LogP contribution in [0, 0.1) is 5.82 Å². The smallest absolute Gasteiger partial charge is 0.337 e. The maximum Gasteiger partial charge on any atom is 0.337 e. The summed E-state index contributed by atoms with van der Waals surface area (Å²) in [6.07, 6.45) is 0. The van der Waals surface area contributed by atoms with E-state index < -0.39 is 38.0 Å². The number of aromatic hydroxyl groups is 1. The number of hydrogen-bond donors (Lipinski definition) is 1. The van der Waals surface area contributed by atoms with Crippen molar-refractivity contribution in [1.29, 1.82) is 0 Å². The molecule has 0 amide bonds. The van der Waals surface area contributed by atoms with E-state index in [0.29, 0.717) is 5.56 Å². The lowest BCUT2D eigenvalue weighted by Crippen LogP contribution is -2.10. The van der Waals surface area contributed by atoms with E-state index in [1.807, 2.05) is 30.3 Å². The van der Waals surface area contributed by atoms with Crippen LogP contribution in [0.5, 0.6) is 5.75 Å². The largest absolute Gasteiger partial charge is 0.505 e. The first kappa shape index (κ1) is 20.8. The first-order chi connectivity index (χ1) is 13.7. The Balaban J connectivity index is 2.05. The van der Waals surface area contributed by atoms with Crippen LogP contribution in [0.15, 0.2) is 65.6 Å². The number of hydrogen-bond acceptors (Lipinski definition) is 5. The maximum atomic E-state index is 14.3. The molecule has 0 saturated carbocycles. The Morgan fingerprint density at radius 3 is 2.41 bits per heavy atom. The number of ether oxygens (including phenoxy) is 1. The third-order valence-corrected chi connectivity index (χ3v) is 6.24. The molecule has 29 heavy (non-hydrogen) atoms. The molecule has 3 aromatic carbocycles. The normalized spacial score (nSPS) is 11.3. The number of carbonyl (C=O) groups excluding carboxylic acids is 1. The third kappa shape index (κ3) is 4.41. The van der Waals surface area contributed by atoms with Gasteiger partial charge in [0.1, 0.15) is 10.7 Å². The van der Waals surface area contributed by atoms with Crippen LogP contribution < -0.4 is 0 Å². The van der Waals surface area contributed by atoms with Gasteiger partial charge in [0.2, 0.25) is 0 Å². The molecular formula is C21H16ClFO5S. The van der Waals surface area contributed by atoms with Crippen molar-refractivity contribution in [1.82, 2.24) is 0 Å². The van der Waals surface area contributed by atoms with Gasteiger partial charge in [-0.25, -0.2) is 17.6 Å². The Morgan fingerprint density at radius 1 is 1.07 bits per heavy atom. The summed E-state index contributed by atoms with van der Waals surface area (Å²) in [5, 5.41) is 9.81. The zero-order valence-corrected chi connectivity index (χ0v) is 16.8. The van der Waals surface area contributed by atoms with Crippen molar-refractivity contribution < 1.29 is 27.4 Å². The summed E-state index contributed by atoms with van der Waals surface area (Å²) in [4.78, 5) is 11.2. The highest BCUT2D eigenvalue weighted by Gasteiger charge is 2.25. The number of benzene rings is 3. The van der Waals surface area contributed by atoms with Gasteiger partial charge in [-0.1, -0.05) is 48.0 Å². The molecule has 0 heterocycles. The number of halogens is 2. The maximum absolute atomic E-state index is 14.3. The van der Waals surface area contributed by atoms with Gasteiger partial charge in [0.25, 0.3) is 0 Å². The number of phenols is 1. The van der Waals surface area contributed by atoms with Crippen LogP contribution in [-0.2, 0) is 20.3 Å². The van der Waals surface area contributed by atoms with E-state index in [2.05, 4.69) is 4.74 Å². The summed E-state index contributed by atoms with van der Waals surface area (Å²) in [6.45, 7) is 0. The lowest BCUT2D eigenvalue weighted by atomic mass is 10.0. The third-order valence-electron chi connectivity index (χ3n) is 4.28. The summed E-state index contributed by atoms with van der Waals surface area (Å²) < 4.78 is 44.7. The van der Waals surface area contributed by atoms with Crippen LogP contribution in [0.2, 0.25) is 5.02 Å².